The zero-order valence-corrected chi connectivity index (χ0v) is 14.2. The smallest absolute Gasteiger partial charge is 0.491 e. The molecule has 1 aromatic carbocycles. The molecule has 0 bridgehead atoms. The second-order valence-electron chi connectivity index (χ2n) is 5.18. The minimum absolute atomic E-state index is 0.0169. The second kappa shape index (κ2) is 7.07. The lowest BCUT2D eigenvalue weighted by atomic mass is 10.2. The molecule has 1 aromatic rings. The number of nitro groups is 1. The van der Waals surface area contributed by atoms with Gasteiger partial charge in [0.05, 0.1) is 12.0 Å². The molecule has 0 fully saturated rings. The van der Waals surface area contributed by atoms with Crippen LogP contribution in [0.15, 0.2) is 6.07 Å². The average Bonchev–Trinajstić information content (AvgIpc) is 2.79. The Morgan fingerprint density at radius 3 is 2.58 bits per heavy atom. The van der Waals surface area contributed by atoms with E-state index in [1.54, 1.807) is 0 Å². The molecule has 2 rings (SSSR count). The van der Waals surface area contributed by atoms with Gasteiger partial charge in [-0.25, -0.2) is 5.43 Å². The first-order chi connectivity index (χ1) is 11.2. The lowest BCUT2D eigenvalue weighted by Gasteiger charge is -2.14. The monoisotopic (exact) mass is 362 g/mol. The molecule has 11 nitrogen and oxygen atoms in total. The van der Waals surface area contributed by atoms with E-state index in [0.29, 0.717) is 6.54 Å². The van der Waals surface area contributed by atoms with Crippen LogP contribution in [0.2, 0.25) is 0 Å². The van der Waals surface area contributed by atoms with Gasteiger partial charge in [0.15, 0.2) is 5.75 Å². The summed E-state index contributed by atoms with van der Waals surface area (Å²) in [6.07, 6.45) is 0.823. The van der Waals surface area contributed by atoms with Crippen molar-refractivity contribution < 1.29 is 26.4 Å². The molecule has 24 heavy (non-hydrogen) atoms. The van der Waals surface area contributed by atoms with Crippen molar-refractivity contribution in [3.63, 3.8) is 0 Å². The lowest BCUT2D eigenvalue weighted by molar-refractivity contribution is -0.385. The Bertz CT molecular complexity index is 735. The van der Waals surface area contributed by atoms with Crippen LogP contribution in [0.1, 0.15) is 6.42 Å². The maximum Gasteiger partial charge on any atom is 0.501 e. The second-order valence-corrected chi connectivity index (χ2v) is 6.33. The lowest BCUT2D eigenvalue weighted by Crippen LogP contribution is -2.26. The first-order valence-electron chi connectivity index (χ1n) is 6.92. The Labute approximate surface area is 138 Å². The standard InChI is InChI=1S/C12H18N4O7S/c1-15(2)6-4-5-13-14-8-7-9(16(17)18)11-12(10(8)21-3)23-24(19,20)22-11/h7,13-14H,4-6H2,1-3H3. The first-order valence-corrected chi connectivity index (χ1v) is 8.25. The minimum atomic E-state index is -4.39. The molecule has 0 aliphatic carbocycles. The summed E-state index contributed by atoms with van der Waals surface area (Å²) in [5.41, 5.74) is 5.26. The molecule has 1 heterocycles. The molecule has 0 saturated carbocycles. The predicted octanol–water partition coefficient (Wildman–Crippen LogP) is 0.488. The van der Waals surface area contributed by atoms with Gasteiger partial charge in [0.25, 0.3) is 5.75 Å². The molecule has 12 heteroatoms. The largest absolute Gasteiger partial charge is 0.501 e. The molecule has 0 radical (unpaired) electrons. The summed E-state index contributed by atoms with van der Waals surface area (Å²) >= 11 is 0. The number of nitrogens with one attached hydrogen (secondary N) is 2. The van der Waals surface area contributed by atoms with Crippen LogP contribution in [0, 0.1) is 10.1 Å². The zero-order valence-electron chi connectivity index (χ0n) is 13.4. The highest BCUT2D eigenvalue weighted by molar-refractivity contribution is 7.82. The summed E-state index contributed by atoms with van der Waals surface area (Å²) in [4.78, 5) is 12.4. The highest BCUT2D eigenvalue weighted by Gasteiger charge is 2.40. The topological polar surface area (TPSA) is 132 Å². The van der Waals surface area contributed by atoms with Gasteiger partial charge in [-0.2, -0.15) is 0 Å². The molecule has 2 N–H and O–H groups in total. The van der Waals surface area contributed by atoms with Gasteiger partial charge in [0, 0.05) is 12.6 Å². The van der Waals surface area contributed by atoms with E-state index < -0.39 is 26.8 Å². The van der Waals surface area contributed by atoms with Gasteiger partial charge in [-0.3, -0.25) is 10.1 Å². The van der Waals surface area contributed by atoms with Crippen LogP contribution in [0.5, 0.6) is 17.2 Å². The molecule has 0 saturated heterocycles. The van der Waals surface area contributed by atoms with Crippen LogP contribution in [-0.4, -0.2) is 52.5 Å². The number of rotatable bonds is 8. The number of anilines is 1. The molecule has 0 amide bonds. The van der Waals surface area contributed by atoms with Gasteiger partial charge in [-0.15, -0.1) is 8.42 Å². The summed E-state index contributed by atoms with van der Waals surface area (Å²) in [7, 11) is 0.782. The molecule has 134 valence electrons. The first kappa shape index (κ1) is 18.0. The van der Waals surface area contributed by atoms with Crippen molar-refractivity contribution in [2.75, 3.05) is 39.7 Å². The number of nitrogens with zero attached hydrogens (tertiary/aromatic N) is 2. The number of hydrogen-bond acceptors (Lipinski definition) is 10. The Balaban J connectivity index is 2.26. The zero-order chi connectivity index (χ0) is 17.9. The third kappa shape index (κ3) is 3.96. The van der Waals surface area contributed by atoms with Crippen molar-refractivity contribution in [2.45, 2.75) is 6.42 Å². The number of fused-ring (bicyclic) bond motifs is 1. The van der Waals surface area contributed by atoms with E-state index >= 15 is 0 Å². The maximum atomic E-state index is 11.4. The SMILES string of the molecule is COc1c(NNCCCN(C)C)cc([N+](=O)[O-])c2c1OS(=O)(=O)O2. The van der Waals surface area contributed by atoms with E-state index in [4.69, 9.17) is 4.74 Å². The third-order valence-electron chi connectivity index (χ3n) is 3.07. The van der Waals surface area contributed by atoms with Gasteiger partial charge in [-0.05, 0) is 27.1 Å². The number of ether oxygens (including phenoxy) is 1. The number of hydrogen-bond donors (Lipinski definition) is 2. The molecule has 0 unspecified atom stereocenters. The highest BCUT2D eigenvalue weighted by atomic mass is 32.3. The van der Waals surface area contributed by atoms with Crippen LogP contribution >= 0.6 is 0 Å². The Morgan fingerprint density at radius 2 is 2.00 bits per heavy atom. The predicted molar refractivity (Wildman–Crippen MR) is 84.6 cm³/mol. The van der Waals surface area contributed by atoms with Gasteiger partial charge in [0.2, 0.25) is 5.75 Å². The number of benzene rings is 1. The van der Waals surface area contributed by atoms with E-state index in [9.17, 15) is 18.5 Å². The van der Waals surface area contributed by atoms with Gasteiger partial charge >= 0.3 is 16.1 Å². The summed E-state index contributed by atoms with van der Waals surface area (Å²) < 4.78 is 37.2. The van der Waals surface area contributed by atoms with Crippen molar-refractivity contribution in [3.05, 3.63) is 16.2 Å². The molecule has 1 aliphatic heterocycles. The van der Waals surface area contributed by atoms with Crippen molar-refractivity contribution in [3.8, 4) is 17.2 Å². The molecule has 0 aromatic heterocycles. The van der Waals surface area contributed by atoms with E-state index in [2.05, 4.69) is 19.2 Å². The third-order valence-corrected chi connectivity index (χ3v) is 3.81. The van der Waals surface area contributed by atoms with Crippen molar-refractivity contribution >= 4 is 21.8 Å². The van der Waals surface area contributed by atoms with Crippen LogP contribution in [0.3, 0.4) is 0 Å². The fourth-order valence-electron chi connectivity index (χ4n) is 2.06. The summed E-state index contributed by atoms with van der Waals surface area (Å²) in [6, 6.07) is 1.11. The summed E-state index contributed by atoms with van der Waals surface area (Å²) in [5, 5.41) is 11.2. The van der Waals surface area contributed by atoms with E-state index in [1.165, 1.54) is 7.11 Å². The summed E-state index contributed by atoms with van der Waals surface area (Å²) in [5.74, 6) is -0.879. The fourth-order valence-corrected chi connectivity index (χ4v) is 2.81. The molecule has 1 aliphatic rings. The van der Waals surface area contributed by atoms with E-state index in [-0.39, 0.29) is 17.2 Å². The number of nitro benzene ring substituents is 1. The van der Waals surface area contributed by atoms with Crippen molar-refractivity contribution in [2.24, 2.45) is 0 Å². The molecular formula is C12H18N4O7S. The molecule has 0 spiro atoms. The van der Waals surface area contributed by atoms with E-state index in [1.807, 2.05) is 19.0 Å². The average molecular weight is 362 g/mol. The van der Waals surface area contributed by atoms with Crippen LogP contribution in [-0.2, 0) is 10.4 Å². The Hall–Kier alpha value is -2.31. The summed E-state index contributed by atoms with van der Waals surface area (Å²) in [6.45, 7) is 1.42. The van der Waals surface area contributed by atoms with Gasteiger partial charge < -0.3 is 23.4 Å². The maximum absolute atomic E-state index is 11.4. The Morgan fingerprint density at radius 1 is 1.33 bits per heavy atom. The van der Waals surface area contributed by atoms with Gasteiger partial charge in [0.1, 0.15) is 5.69 Å². The molecular weight excluding hydrogens is 344 g/mol. The fraction of sp³-hybridized carbons (Fsp3) is 0.500. The van der Waals surface area contributed by atoms with Crippen molar-refractivity contribution in [1.82, 2.24) is 10.3 Å². The van der Waals surface area contributed by atoms with Crippen LogP contribution < -0.4 is 24.0 Å². The van der Waals surface area contributed by atoms with Crippen LogP contribution in [0.25, 0.3) is 0 Å². The minimum Gasteiger partial charge on any atom is -0.491 e. The number of methoxy groups -OCH3 is 1. The normalized spacial score (nSPS) is 14.7. The highest BCUT2D eigenvalue weighted by Crippen LogP contribution is 2.52. The number of hydrazine groups is 1. The van der Waals surface area contributed by atoms with E-state index in [0.717, 1.165) is 19.0 Å². The van der Waals surface area contributed by atoms with Crippen molar-refractivity contribution in [1.29, 1.82) is 0 Å². The Kier molecular flexibility index (Phi) is 5.31. The van der Waals surface area contributed by atoms with Gasteiger partial charge in [-0.1, -0.05) is 0 Å². The molecule has 0 atom stereocenters. The van der Waals surface area contributed by atoms with Crippen LogP contribution in [0.4, 0.5) is 11.4 Å². The quantitative estimate of drug-likeness (QED) is 0.382.